The summed E-state index contributed by atoms with van der Waals surface area (Å²) in [6.07, 6.45) is 3.00. The number of nitrogens with two attached hydrogens (primary N) is 1. The number of hydrogen-bond donors (Lipinski definition) is 2. The first-order valence-electron chi connectivity index (χ1n) is 15.2. The van der Waals surface area contributed by atoms with E-state index in [0.717, 1.165) is 71.8 Å². The molecular weight excluding hydrogens is 601 g/mol. The molecule has 2 aliphatic heterocycles. The second-order valence-electron chi connectivity index (χ2n) is 11.2. The van der Waals surface area contributed by atoms with Crippen LogP contribution in [0.2, 0.25) is 0 Å². The molecule has 4 aromatic rings. The minimum absolute atomic E-state index is 0.0806. The van der Waals surface area contributed by atoms with Gasteiger partial charge in [0, 0.05) is 38.2 Å². The number of carbonyl (C=O) groups is 1. The van der Waals surface area contributed by atoms with Gasteiger partial charge in [0.05, 0.1) is 24.0 Å². The summed E-state index contributed by atoms with van der Waals surface area (Å²) in [6, 6.07) is 28.9. The molecule has 45 heavy (non-hydrogen) atoms. The molecule has 7 nitrogen and oxygen atoms in total. The van der Waals surface area contributed by atoms with Gasteiger partial charge in [-0.15, -0.1) is 0 Å². The fourth-order valence-corrected chi connectivity index (χ4v) is 6.96. The lowest BCUT2D eigenvalue weighted by Gasteiger charge is -2.26. The number of benzene rings is 4. The van der Waals surface area contributed by atoms with Gasteiger partial charge in [0.2, 0.25) is 0 Å². The van der Waals surface area contributed by atoms with E-state index in [1.807, 2.05) is 54.6 Å². The maximum absolute atomic E-state index is 13.5. The van der Waals surface area contributed by atoms with Gasteiger partial charge in [-0.1, -0.05) is 90.7 Å². The van der Waals surface area contributed by atoms with Crippen LogP contribution >= 0.6 is 24.0 Å². The predicted molar refractivity (Wildman–Crippen MR) is 188 cm³/mol. The number of ether oxygens (including phenoxy) is 2. The zero-order valence-corrected chi connectivity index (χ0v) is 26.7. The molecular formula is C36H36N4O3S2. The Hall–Kier alpha value is -4.02. The summed E-state index contributed by atoms with van der Waals surface area (Å²) in [7, 11) is 0. The number of fused-ring (bicyclic) bond motifs is 1. The van der Waals surface area contributed by atoms with Gasteiger partial charge in [-0.3, -0.25) is 20.0 Å². The van der Waals surface area contributed by atoms with Crippen LogP contribution in [0.15, 0.2) is 89.8 Å². The lowest BCUT2D eigenvalue weighted by atomic mass is 9.98. The zero-order chi connectivity index (χ0) is 31.2. The molecule has 0 atom stereocenters. The maximum Gasteiger partial charge on any atom is 0.266 e. The lowest BCUT2D eigenvalue weighted by Crippen LogP contribution is -2.38. The molecule has 1 amide bonds. The van der Waals surface area contributed by atoms with Gasteiger partial charge in [-0.2, -0.15) is 0 Å². The molecule has 0 aliphatic carbocycles. The molecule has 2 heterocycles. The van der Waals surface area contributed by atoms with Crippen molar-refractivity contribution in [1.29, 1.82) is 5.41 Å². The molecule has 9 heteroatoms. The Balaban J connectivity index is 1.21. The molecule has 0 radical (unpaired) electrons. The van der Waals surface area contributed by atoms with E-state index in [0.29, 0.717) is 35.2 Å². The molecule has 0 aromatic heterocycles. The topological polar surface area (TPSA) is 91.9 Å². The van der Waals surface area contributed by atoms with Gasteiger partial charge in [-0.25, -0.2) is 0 Å². The van der Waals surface area contributed by atoms with Crippen LogP contribution in [-0.4, -0.2) is 71.9 Å². The number of nitrogens with zero attached hydrogens (tertiary/aromatic N) is 2. The minimum atomic E-state index is -0.0806. The molecule has 0 bridgehead atoms. The first kappa shape index (κ1) is 31.0. The number of amidine groups is 1. The number of thioether (sulfide) groups is 1. The third kappa shape index (κ3) is 7.80. The Bertz CT molecular complexity index is 1770. The van der Waals surface area contributed by atoms with Crippen LogP contribution in [0, 0.1) is 5.41 Å². The highest BCUT2D eigenvalue weighted by molar-refractivity contribution is 8.26. The van der Waals surface area contributed by atoms with Crippen molar-refractivity contribution in [1.82, 2.24) is 9.80 Å². The molecule has 230 valence electrons. The summed E-state index contributed by atoms with van der Waals surface area (Å²) in [5.41, 5.74) is 10.6. The number of thiocarbonyl (C=S) groups is 1. The fourth-order valence-electron chi connectivity index (χ4n) is 5.66. The Labute approximate surface area is 273 Å². The van der Waals surface area contributed by atoms with E-state index in [9.17, 15) is 4.79 Å². The van der Waals surface area contributed by atoms with Crippen LogP contribution in [0.5, 0.6) is 5.75 Å². The van der Waals surface area contributed by atoms with Gasteiger partial charge >= 0.3 is 0 Å². The third-order valence-electron chi connectivity index (χ3n) is 8.01. The van der Waals surface area contributed by atoms with Gasteiger partial charge in [0.15, 0.2) is 0 Å². The van der Waals surface area contributed by atoms with Crippen molar-refractivity contribution < 1.29 is 14.3 Å². The highest BCUT2D eigenvalue weighted by atomic mass is 32.2. The van der Waals surface area contributed by atoms with Crippen molar-refractivity contribution in [3.05, 3.63) is 107 Å². The van der Waals surface area contributed by atoms with Crippen molar-refractivity contribution in [2.75, 3.05) is 46.0 Å². The van der Waals surface area contributed by atoms with Crippen LogP contribution in [0.1, 0.15) is 16.7 Å². The maximum atomic E-state index is 13.5. The number of carbonyl (C=O) groups excluding carboxylic acids is 1. The number of hydrogen-bond acceptors (Lipinski definition) is 7. The third-order valence-corrected chi connectivity index (χ3v) is 9.39. The summed E-state index contributed by atoms with van der Waals surface area (Å²) in [5, 5.41) is 9.91. The van der Waals surface area contributed by atoms with E-state index < -0.39 is 0 Å². The van der Waals surface area contributed by atoms with Gasteiger partial charge < -0.3 is 15.2 Å². The monoisotopic (exact) mass is 636 g/mol. The van der Waals surface area contributed by atoms with E-state index in [1.165, 1.54) is 17.1 Å². The number of morpholine rings is 1. The quantitative estimate of drug-likeness (QED) is 0.0885. The summed E-state index contributed by atoms with van der Waals surface area (Å²) in [5.74, 6) is 0.865. The first-order chi connectivity index (χ1) is 21.9. The number of amides is 1. The van der Waals surface area contributed by atoms with Gasteiger partial charge in [0.1, 0.15) is 16.7 Å². The normalized spacial score (nSPS) is 16.5. The van der Waals surface area contributed by atoms with E-state index in [-0.39, 0.29) is 11.7 Å². The highest BCUT2D eigenvalue weighted by Crippen LogP contribution is 2.36. The largest absolute Gasteiger partial charge is 0.492 e. The van der Waals surface area contributed by atoms with Gasteiger partial charge in [0.25, 0.3) is 5.91 Å². The summed E-state index contributed by atoms with van der Waals surface area (Å²) in [6.45, 7) is 5.27. The lowest BCUT2D eigenvalue weighted by molar-refractivity contribution is -0.122. The summed E-state index contributed by atoms with van der Waals surface area (Å²) in [4.78, 5) is 18.1. The van der Waals surface area contributed by atoms with Crippen molar-refractivity contribution >= 4 is 56.9 Å². The number of rotatable bonds is 11. The molecule has 2 fully saturated rings. The van der Waals surface area contributed by atoms with Crippen LogP contribution in [-0.2, 0) is 22.4 Å². The highest BCUT2D eigenvalue weighted by Gasteiger charge is 2.31. The van der Waals surface area contributed by atoms with Crippen molar-refractivity contribution in [2.24, 2.45) is 5.73 Å². The Morgan fingerprint density at radius 2 is 1.76 bits per heavy atom. The Morgan fingerprint density at radius 3 is 2.58 bits per heavy atom. The van der Waals surface area contributed by atoms with Crippen LogP contribution < -0.4 is 10.5 Å². The zero-order valence-electron chi connectivity index (χ0n) is 25.0. The van der Waals surface area contributed by atoms with Gasteiger partial charge in [-0.05, 0) is 63.7 Å². The van der Waals surface area contributed by atoms with E-state index in [2.05, 4.69) is 41.3 Å². The Kier molecular flexibility index (Phi) is 9.91. The molecule has 0 saturated carbocycles. The van der Waals surface area contributed by atoms with Crippen LogP contribution in [0.25, 0.3) is 28.0 Å². The first-order valence-corrected chi connectivity index (χ1v) is 16.4. The minimum Gasteiger partial charge on any atom is -0.492 e. The SMILES string of the molecule is N=C(N)Cc1cccc(CCN2C(=O)C(=Cc3ccc(OCCN4CCOCC4)c(-c4ccc5ccccc5c4)c3)SC2=S)c1. The molecule has 6 rings (SSSR count). The van der Waals surface area contributed by atoms with Crippen LogP contribution in [0.3, 0.4) is 0 Å². The standard InChI is InChI=1S/C36H36N4O3S2/c37-34(38)23-26-5-3-4-25(20-26)12-13-40-35(41)33(45-36(40)44)22-27-8-11-32(43-19-16-39-14-17-42-18-15-39)31(21-27)30-10-9-28-6-1-2-7-29(28)24-30/h1-11,20-22,24H,12-19,23H2,(H3,37,38). The van der Waals surface area contributed by atoms with E-state index in [4.69, 9.17) is 32.8 Å². The second kappa shape index (κ2) is 14.4. The molecule has 2 saturated heterocycles. The predicted octanol–water partition coefficient (Wildman–Crippen LogP) is 6.14. The smallest absolute Gasteiger partial charge is 0.266 e. The number of nitrogens with one attached hydrogen (secondary N) is 1. The summed E-state index contributed by atoms with van der Waals surface area (Å²) >= 11 is 6.97. The van der Waals surface area contributed by atoms with Crippen molar-refractivity contribution in [3.8, 4) is 16.9 Å². The van der Waals surface area contributed by atoms with E-state index >= 15 is 0 Å². The summed E-state index contributed by atoms with van der Waals surface area (Å²) < 4.78 is 12.4. The molecule has 0 spiro atoms. The van der Waals surface area contributed by atoms with E-state index in [1.54, 1.807) is 4.90 Å². The van der Waals surface area contributed by atoms with Crippen LogP contribution in [0.4, 0.5) is 0 Å². The average Bonchev–Trinajstić information content (AvgIpc) is 3.31. The molecule has 4 aromatic carbocycles. The fraction of sp³-hybridized carbons (Fsp3) is 0.250. The Morgan fingerprint density at radius 1 is 0.956 bits per heavy atom. The van der Waals surface area contributed by atoms with Crippen molar-refractivity contribution in [2.45, 2.75) is 12.8 Å². The molecule has 2 aliphatic rings. The molecule has 3 N–H and O–H groups in total. The molecule has 0 unspecified atom stereocenters. The van der Waals surface area contributed by atoms with Crippen molar-refractivity contribution in [3.63, 3.8) is 0 Å². The average molecular weight is 637 g/mol. The second-order valence-corrected chi connectivity index (χ2v) is 12.9.